The molecule has 0 bridgehead atoms. The molecule has 2 nitrogen and oxygen atoms in total. The van der Waals surface area contributed by atoms with E-state index >= 15 is 0 Å². The minimum atomic E-state index is 0.804. The van der Waals surface area contributed by atoms with Crippen LogP contribution in [0.4, 0.5) is 11.4 Å². The van der Waals surface area contributed by atoms with Crippen LogP contribution in [0.25, 0.3) is 10.1 Å². The standard InChI is InChI=1S/C15H14N2S/c16-13-4-1-11(2-5-13)10-17-14-6-3-12-7-8-18-15(12)9-14/h1-9,17H,10,16H2. The summed E-state index contributed by atoms with van der Waals surface area (Å²) in [6.07, 6.45) is 0. The third kappa shape index (κ3) is 2.31. The Morgan fingerprint density at radius 3 is 2.67 bits per heavy atom. The van der Waals surface area contributed by atoms with E-state index in [2.05, 4.69) is 35.0 Å². The van der Waals surface area contributed by atoms with Gasteiger partial charge in [-0.05, 0) is 46.7 Å². The van der Waals surface area contributed by atoms with E-state index in [9.17, 15) is 0 Å². The first-order valence-electron chi connectivity index (χ1n) is 5.87. The number of nitrogen functional groups attached to an aromatic ring is 1. The maximum atomic E-state index is 5.67. The highest BCUT2D eigenvalue weighted by Gasteiger charge is 1.98. The fourth-order valence-corrected chi connectivity index (χ4v) is 2.73. The second kappa shape index (κ2) is 4.70. The summed E-state index contributed by atoms with van der Waals surface area (Å²) in [5.41, 5.74) is 8.86. The normalized spacial score (nSPS) is 10.7. The first-order valence-corrected chi connectivity index (χ1v) is 6.75. The molecule has 90 valence electrons. The summed E-state index contributed by atoms with van der Waals surface area (Å²) in [4.78, 5) is 0. The number of nitrogens with two attached hydrogens (primary N) is 1. The molecule has 1 aromatic heterocycles. The number of hydrogen-bond donors (Lipinski definition) is 2. The number of anilines is 2. The van der Waals surface area contributed by atoms with Crippen molar-refractivity contribution in [3.05, 3.63) is 59.5 Å². The fourth-order valence-electron chi connectivity index (χ4n) is 1.90. The Morgan fingerprint density at radius 1 is 1.00 bits per heavy atom. The van der Waals surface area contributed by atoms with Crippen molar-refractivity contribution < 1.29 is 0 Å². The van der Waals surface area contributed by atoms with E-state index in [4.69, 9.17) is 5.73 Å². The Balaban J connectivity index is 1.74. The van der Waals surface area contributed by atoms with E-state index in [1.807, 2.05) is 24.3 Å². The quantitative estimate of drug-likeness (QED) is 0.691. The molecule has 18 heavy (non-hydrogen) atoms. The van der Waals surface area contributed by atoms with Crippen molar-refractivity contribution in [1.29, 1.82) is 0 Å². The lowest BCUT2D eigenvalue weighted by Crippen LogP contribution is -1.99. The molecular formula is C15H14N2S. The van der Waals surface area contributed by atoms with Gasteiger partial charge in [0.15, 0.2) is 0 Å². The van der Waals surface area contributed by atoms with Crippen molar-refractivity contribution in [3.8, 4) is 0 Å². The van der Waals surface area contributed by atoms with Gasteiger partial charge < -0.3 is 11.1 Å². The van der Waals surface area contributed by atoms with E-state index < -0.39 is 0 Å². The van der Waals surface area contributed by atoms with Crippen LogP contribution in [0, 0.1) is 0 Å². The van der Waals surface area contributed by atoms with Gasteiger partial charge in [-0.3, -0.25) is 0 Å². The molecule has 0 aliphatic heterocycles. The third-order valence-electron chi connectivity index (χ3n) is 2.93. The molecule has 0 aliphatic rings. The molecule has 0 saturated carbocycles. The highest BCUT2D eigenvalue weighted by Crippen LogP contribution is 2.24. The molecule has 0 spiro atoms. The lowest BCUT2D eigenvalue weighted by atomic mass is 10.2. The predicted molar refractivity (Wildman–Crippen MR) is 80.0 cm³/mol. The first-order chi connectivity index (χ1) is 8.81. The van der Waals surface area contributed by atoms with E-state index in [0.29, 0.717) is 0 Å². The maximum Gasteiger partial charge on any atom is 0.0400 e. The van der Waals surface area contributed by atoms with Crippen molar-refractivity contribution >= 4 is 32.8 Å². The number of nitrogens with one attached hydrogen (secondary N) is 1. The zero-order valence-corrected chi connectivity index (χ0v) is 10.7. The smallest absolute Gasteiger partial charge is 0.0400 e. The van der Waals surface area contributed by atoms with Crippen LogP contribution < -0.4 is 11.1 Å². The maximum absolute atomic E-state index is 5.67. The number of hydrogen-bond acceptors (Lipinski definition) is 3. The summed E-state index contributed by atoms with van der Waals surface area (Å²) in [5.74, 6) is 0. The molecule has 0 saturated heterocycles. The van der Waals surface area contributed by atoms with Crippen molar-refractivity contribution in [2.75, 3.05) is 11.1 Å². The Hall–Kier alpha value is -2.00. The predicted octanol–water partition coefficient (Wildman–Crippen LogP) is 4.10. The molecule has 0 radical (unpaired) electrons. The zero-order chi connectivity index (χ0) is 12.4. The molecule has 3 heteroatoms. The summed E-state index contributed by atoms with van der Waals surface area (Å²) in [5, 5.41) is 6.85. The van der Waals surface area contributed by atoms with Crippen LogP contribution in [0.5, 0.6) is 0 Å². The van der Waals surface area contributed by atoms with Gasteiger partial charge in [0.25, 0.3) is 0 Å². The van der Waals surface area contributed by atoms with Gasteiger partial charge in [-0.25, -0.2) is 0 Å². The number of rotatable bonds is 3. The summed E-state index contributed by atoms with van der Waals surface area (Å²) in [6, 6.07) is 16.6. The molecule has 3 rings (SSSR count). The largest absolute Gasteiger partial charge is 0.399 e. The summed E-state index contributed by atoms with van der Waals surface area (Å²) in [6.45, 7) is 0.817. The minimum Gasteiger partial charge on any atom is -0.399 e. The van der Waals surface area contributed by atoms with Gasteiger partial charge in [0.05, 0.1) is 0 Å². The van der Waals surface area contributed by atoms with Gasteiger partial charge in [0, 0.05) is 22.6 Å². The van der Waals surface area contributed by atoms with Crippen LogP contribution in [0.1, 0.15) is 5.56 Å². The number of thiophene rings is 1. The highest BCUT2D eigenvalue weighted by atomic mass is 32.1. The highest BCUT2D eigenvalue weighted by molar-refractivity contribution is 7.17. The van der Waals surface area contributed by atoms with Crippen molar-refractivity contribution in [2.45, 2.75) is 6.54 Å². The molecule has 3 aromatic rings. The molecule has 0 fully saturated rings. The van der Waals surface area contributed by atoms with E-state index in [0.717, 1.165) is 17.9 Å². The van der Waals surface area contributed by atoms with Gasteiger partial charge in [0.1, 0.15) is 0 Å². The third-order valence-corrected chi connectivity index (χ3v) is 3.81. The van der Waals surface area contributed by atoms with Crippen molar-refractivity contribution in [3.63, 3.8) is 0 Å². The van der Waals surface area contributed by atoms with Gasteiger partial charge in [0.2, 0.25) is 0 Å². The first kappa shape index (κ1) is 11.1. The van der Waals surface area contributed by atoms with Crippen molar-refractivity contribution in [1.82, 2.24) is 0 Å². The SMILES string of the molecule is Nc1ccc(CNc2ccc3ccsc3c2)cc1. The van der Waals surface area contributed by atoms with Crippen LogP contribution >= 0.6 is 11.3 Å². The Bertz CT molecular complexity index is 656. The molecule has 2 aromatic carbocycles. The van der Waals surface area contributed by atoms with Crippen LogP contribution in [-0.4, -0.2) is 0 Å². The number of fused-ring (bicyclic) bond motifs is 1. The van der Waals surface area contributed by atoms with E-state index in [1.165, 1.54) is 15.6 Å². The van der Waals surface area contributed by atoms with Gasteiger partial charge in [-0.15, -0.1) is 11.3 Å². The topological polar surface area (TPSA) is 38.0 Å². The molecule has 0 atom stereocenters. The van der Waals surface area contributed by atoms with E-state index in [-0.39, 0.29) is 0 Å². The zero-order valence-electron chi connectivity index (χ0n) is 9.89. The average Bonchev–Trinajstić information content (AvgIpc) is 2.85. The lowest BCUT2D eigenvalue weighted by Gasteiger charge is -2.07. The second-order valence-electron chi connectivity index (χ2n) is 4.27. The lowest BCUT2D eigenvalue weighted by molar-refractivity contribution is 1.15. The molecule has 0 amide bonds. The molecule has 3 N–H and O–H groups in total. The van der Waals surface area contributed by atoms with Gasteiger partial charge in [-0.2, -0.15) is 0 Å². The second-order valence-corrected chi connectivity index (χ2v) is 5.22. The Kier molecular flexibility index (Phi) is 2.90. The summed E-state index contributed by atoms with van der Waals surface area (Å²) in [7, 11) is 0. The summed E-state index contributed by atoms with van der Waals surface area (Å²) < 4.78 is 1.32. The number of benzene rings is 2. The summed E-state index contributed by atoms with van der Waals surface area (Å²) >= 11 is 1.77. The van der Waals surface area contributed by atoms with Gasteiger partial charge in [-0.1, -0.05) is 18.2 Å². The Labute approximate surface area is 110 Å². The van der Waals surface area contributed by atoms with Crippen LogP contribution in [-0.2, 0) is 6.54 Å². The van der Waals surface area contributed by atoms with Crippen molar-refractivity contribution in [2.24, 2.45) is 0 Å². The molecule has 0 unspecified atom stereocenters. The minimum absolute atomic E-state index is 0.804. The van der Waals surface area contributed by atoms with Crippen LogP contribution in [0.2, 0.25) is 0 Å². The fraction of sp³-hybridized carbons (Fsp3) is 0.0667. The van der Waals surface area contributed by atoms with Gasteiger partial charge >= 0.3 is 0 Å². The van der Waals surface area contributed by atoms with Crippen LogP contribution in [0.15, 0.2) is 53.9 Å². The molecule has 1 heterocycles. The average molecular weight is 254 g/mol. The molecule has 0 aliphatic carbocycles. The van der Waals surface area contributed by atoms with Crippen LogP contribution in [0.3, 0.4) is 0 Å². The monoisotopic (exact) mass is 254 g/mol. The molecular weight excluding hydrogens is 240 g/mol. The van der Waals surface area contributed by atoms with E-state index in [1.54, 1.807) is 11.3 Å². The Morgan fingerprint density at radius 2 is 1.83 bits per heavy atom.